The molecule has 4 heteroatoms. The fourth-order valence-corrected chi connectivity index (χ4v) is 2.23. The molecule has 0 radical (unpaired) electrons. The molecule has 0 aromatic heterocycles. The van der Waals surface area contributed by atoms with Crippen LogP contribution in [-0.2, 0) is 0 Å². The van der Waals surface area contributed by atoms with Gasteiger partial charge in [-0.2, -0.15) is 0 Å². The monoisotopic (exact) mass is 277 g/mol. The maximum absolute atomic E-state index is 9.84. The normalized spacial score (nSPS) is 12.2. The van der Waals surface area contributed by atoms with Crippen molar-refractivity contribution >= 4 is 17.3 Å². The third-order valence-electron chi connectivity index (χ3n) is 3.13. The average Bonchev–Trinajstić information content (AvgIpc) is 2.35. The number of anilines is 1. The Morgan fingerprint density at radius 1 is 1.05 bits per heavy atom. The van der Waals surface area contributed by atoms with E-state index < -0.39 is 0 Å². The van der Waals surface area contributed by atoms with E-state index in [9.17, 15) is 10.2 Å². The van der Waals surface area contributed by atoms with E-state index in [1.165, 1.54) is 0 Å². The van der Waals surface area contributed by atoms with Gasteiger partial charge in [-0.25, -0.2) is 0 Å². The third kappa shape index (κ3) is 2.76. The zero-order valence-electron chi connectivity index (χ0n) is 10.8. The van der Waals surface area contributed by atoms with Crippen LogP contribution in [0.3, 0.4) is 0 Å². The number of phenols is 2. The molecule has 0 saturated heterocycles. The molecule has 1 unspecified atom stereocenters. The number of phenolic OH excluding ortho intramolecular Hbond substituents is 2. The Morgan fingerprint density at radius 2 is 1.63 bits per heavy atom. The molecule has 0 bridgehead atoms. The highest BCUT2D eigenvalue weighted by Gasteiger charge is 2.15. The zero-order chi connectivity index (χ0) is 14.0. The molecule has 3 N–H and O–H groups in total. The zero-order valence-corrected chi connectivity index (χ0v) is 11.6. The summed E-state index contributed by atoms with van der Waals surface area (Å²) in [6.45, 7) is 3.79. The Hall–Kier alpha value is -1.87. The standard InChI is InChI=1S/C15H16ClNO2/c1-9-11(16)5-3-6-12(9)17-10(2)15-13(18)7-4-8-14(15)19/h3-8,10,17-19H,1-2H3. The van der Waals surface area contributed by atoms with Crippen LogP contribution in [0.25, 0.3) is 0 Å². The minimum atomic E-state index is -0.238. The van der Waals surface area contributed by atoms with Crippen LogP contribution in [0.5, 0.6) is 11.5 Å². The molecule has 0 heterocycles. The lowest BCUT2D eigenvalue weighted by Gasteiger charge is -2.19. The van der Waals surface area contributed by atoms with E-state index in [1.54, 1.807) is 18.2 Å². The Bertz CT molecular complexity index is 578. The van der Waals surface area contributed by atoms with Gasteiger partial charge in [-0.1, -0.05) is 23.7 Å². The maximum atomic E-state index is 9.84. The number of halogens is 1. The molecule has 0 aliphatic heterocycles. The fourth-order valence-electron chi connectivity index (χ4n) is 2.05. The van der Waals surface area contributed by atoms with Crippen LogP contribution in [-0.4, -0.2) is 10.2 Å². The van der Waals surface area contributed by atoms with Crippen molar-refractivity contribution in [1.82, 2.24) is 0 Å². The molecule has 2 aromatic rings. The van der Waals surface area contributed by atoms with Crippen molar-refractivity contribution in [3.8, 4) is 11.5 Å². The topological polar surface area (TPSA) is 52.5 Å². The second-order valence-corrected chi connectivity index (χ2v) is 4.90. The Kier molecular flexibility index (Phi) is 3.86. The van der Waals surface area contributed by atoms with Crippen LogP contribution >= 0.6 is 11.6 Å². The van der Waals surface area contributed by atoms with Crippen molar-refractivity contribution in [3.63, 3.8) is 0 Å². The summed E-state index contributed by atoms with van der Waals surface area (Å²) in [5.41, 5.74) is 2.29. The first-order valence-corrected chi connectivity index (χ1v) is 6.41. The van der Waals surface area contributed by atoms with Gasteiger partial charge < -0.3 is 15.5 Å². The number of benzene rings is 2. The van der Waals surface area contributed by atoms with Crippen LogP contribution in [0.1, 0.15) is 24.1 Å². The number of hydrogen-bond donors (Lipinski definition) is 3. The van der Waals surface area contributed by atoms with E-state index in [1.807, 2.05) is 32.0 Å². The fraction of sp³-hybridized carbons (Fsp3) is 0.200. The van der Waals surface area contributed by atoms with Gasteiger partial charge in [-0.05, 0) is 43.7 Å². The first kappa shape index (κ1) is 13.6. The van der Waals surface area contributed by atoms with Gasteiger partial charge in [0.2, 0.25) is 0 Å². The van der Waals surface area contributed by atoms with E-state index in [0.717, 1.165) is 11.3 Å². The van der Waals surface area contributed by atoms with Crippen molar-refractivity contribution in [2.24, 2.45) is 0 Å². The molecular formula is C15H16ClNO2. The van der Waals surface area contributed by atoms with E-state index in [-0.39, 0.29) is 17.5 Å². The highest BCUT2D eigenvalue weighted by atomic mass is 35.5. The molecule has 0 amide bonds. The Labute approximate surface area is 117 Å². The highest BCUT2D eigenvalue weighted by molar-refractivity contribution is 6.31. The summed E-state index contributed by atoms with van der Waals surface area (Å²) in [6, 6.07) is 10.1. The van der Waals surface area contributed by atoms with E-state index in [0.29, 0.717) is 10.6 Å². The average molecular weight is 278 g/mol. The summed E-state index contributed by atoms with van der Waals surface area (Å²) in [6.07, 6.45) is 0. The smallest absolute Gasteiger partial charge is 0.124 e. The van der Waals surface area contributed by atoms with Crippen LogP contribution in [0.2, 0.25) is 5.02 Å². The predicted molar refractivity (Wildman–Crippen MR) is 78.0 cm³/mol. The van der Waals surface area contributed by atoms with Crippen molar-refractivity contribution in [3.05, 3.63) is 52.5 Å². The van der Waals surface area contributed by atoms with E-state index >= 15 is 0 Å². The summed E-state index contributed by atoms with van der Waals surface area (Å²) in [4.78, 5) is 0. The third-order valence-corrected chi connectivity index (χ3v) is 3.54. The minimum Gasteiger partial charge on any atom is -0.507 e. The van der Waals surface area contributed by atoms with Gasteiger partial charge in [0.15, 0.2) is 0 Å². The summed E-state index contributed by atoms with van der Waals surface area (Å²) < 4.78 is 0. The largest absolute Gasteiger partial charge is 0.507 e. The van der Waals surface area contributed by atoms with E-state index in [2.05, 4.69) is 5.32 Å². The first-order valence-electron chi connectivity index (χ1n) is 6.03. The lowest BCUT2D eigenvalue weighted by Crippen LogP contribution is -2.08. The van der Waals surface area contributed by atoms with Crippen LogP contribution in [0.15, 0.2) is 36.4 Å². The Balaban J connectivity index is 2.31. The molecule has 0 fully saturated rings. The van der Waals surface area contributed by atoms with Gasteiger partial charge in [0.25, 0.3) is 0 Å². The second-order valence-electron chi connectivity index (χ2n) is 4.49. The SMILES string of the molecule is Cc1c(Cl)cccc1NC(C)c1c(O)cccc1O. The first-order chi connectivity index (χ1) is 9.00. The van der Waals surface area contributed by atoms with Gasteiger partial charge >= 0.3 is 0 Å². The van der Waals surface area contributed by atoms with Gasteiger partial charge in [0, 0.05) is 10.7 Å². The number of rotatable bonds is 3. The molecule has 0 aliphatic carbocycles. The highest BCUT2D eigenvalue weighted by Crippen LogP contribution is 2.35. The molecule has 100 valence electrons. The van der Waals surface area contributed by atoms with Gasteiger partial charge in [-0.3, -0.25) is 0 Å². The van der Waals surface area contributed by atoms with Gasteiger partial charge in [0.05, 0.1) is 11.6 Å². The summed E-state index contributed by atoms with van der Waals surface area (Å²) >= 11 is 6.07. The number of nitrogens with one attached hydrogen (secondary N) is 1. The molecule has 0 spiro atoms. The lowest BCUT2D eigenvalue weighted by molar-refractivity contribution is 0.434. The predicted octanol–water partition coefficient (Wildman–Crippen LogP) is 4.23. The number of aromatic hydroxyl groups is 2. The quantitative estimate of drug-likeness (QED) is 0.787. The van der Waals surface area contributed by atoms with Crippen LogP contribution < -0.4 is 5.32 Å². The van der Waals surface area contributed by atoms with Crippen molar-refractivity contribution in [2.75, 3.05) is 5.32 Å². The molecule has 19 heavy (non-hydrogen) atoms. The van der Waals surface area contributed by atoms with Crippen LogP contribution in [0.4, 0.5) is 5.69 Å². The minimum absolute atomic E-state index is 0.0691. The van der Waals surface area contributed by atoms with Crippen LogP contribution in [0, 0.1) is 6.92 Å². The van der Waals surface area contributed by atoms with Crippen molar-refractivity contribution in [1.29, 1.82) is 0 Å². The summed E-state index contributed by atoms with van der Waals surface area (Å²) in [5.74, 6) is 0.138. The molecule has 0 aliphatic rings. The van der Waals surface area contributed by atoms with Gasteiger partial charge in [0.1, 0.15) is 11.5 Å². The van der Waals surface area contributed by atoms with Crippen molar-refractivity contribution in [2.45, 2.75) is 19.9 Å². The van der Waals surface area contributed by atoms with Crippen molar-refractivity contribution < 1.29 is 10.2 Å². The summed E-state index contributed by atoms with van der Waals surface area (Å²) in [5, 5.41) is 23.6. The molecule has 1 atom stereocenters. The van der Waals surface area contributed by atoms with Gasteiger partial charge in [-0.15, -0.1) is 0 Å². The lowest BCUT2D eigenvalue weighted by atomic mass is 10.0. The molecule has 0 saturated carbocycles. The molecule has 2 aromatic carbocycles. The molecule has 2 rings (SSSR count). The Morgan fingerprint density at radius 3 is 2.26 bits per heavy atom. The second kappa shape index (κ2) is 5.41. The summed E-state index contributed by atoms with van der Waals surface area (Å²) in [7, 11) is 0. The van der Waals surface area contributed by atoms with E-state index in [4.69, 9.17) is 11.6 Å². The number of hydrogen-bond acceptors (Lipinski definition) is 3. The molecule has 3 nitrogen and oxygen atoms in total. The molecular weight excluding hydrogens is 262 g/mol. The maximum Gasteiger partial charge on any atom is 0.124 e.